The molecule has 0 rings (SSSR count). The van der Waals surface area contributed by atoms with Gasteiger partial charge in [-0.3, -0.25) is 0 Å². The molecule has 12 heavy (non-hydrogen) atoms. The number of nitrogens with one attached hydrogen (secondary N) is 2. The Hall–Kier alpha value is -0.750. The summed E-state index contributed by atoms with van der Waals surface area (Å²) >= 11 is 5.03. The summed E-state index contributed by atoms with van der Waals surface area (Å²) in [5.74, 6) is 5.66. The Bertz CT molecular complexity index is 205. The van der Waals surface area contributed by atoms with Gasteiger partial charge >= 0.3 is 0 Å². The largest absolute Gasteiger partial charge is 0.358 e. The van der Waals surface area contributed by atoms with E-state index in [2.05, 4.69) is 43.2 Å². The smallest absolute Gasteiger partial charge is 0.167 e. The standard InChI is InChI=1S/C9H16N2S/c1-5-6-7-10-8(12)11-9(2,3)4/h7H2,1-4H3,(H2,10,11,12). The third kappa shape index (κ3) is 7.36. The summed E-state index contributed by atoms with van der Waals surface area (Å²) in [6.07, 6.45) is 0. The quantitative estimate of drug-likeness (QED) is 0.474. The highest BCUT2D eigenvalue weighted by atomic mass is 32.1. The van der Waals surface area contributed by atoms with Gasteiger partial charge in [-0.1, -0.05) is 5.92 Å². The molecule has 2 nitrogen and oxygen atoms in total. The SMILES string of the molecule is CC#CCNC(=S)NC(C)(C)C. The average molecular weight is 184 g/mol. The number of rotatable bonds is 1. The Labute approximate surface area is 80.1 Å². The molecule has 0 saturated carbocycles. The van der Waals surface area contributed by atoms with Crippen molar-refractivity contribution in [2.75, 3.05) is 6.54 Å². The van der Waals surface area contributed by atoms with E-state index in [1.165, 1.54) is 0 Å². The van der Waals surface area contributed by atoms with Crippen molar-refractivity contribution in [3.05, 3.63) is 0 Å². The van der Waals surface area contributed by atoms with Gasteiger partial charge in [0.2, 0.25) is 0 Å². The lowest BCUT2D eigenvalue weighted by atomic mass is 10.1. The fraction of sp³-hybridized carbons (Fsp3) is 0.667. The zero-order chi connectivity index (χ0) is 9.61. The molecule has 0 aliphatic heterocycles. The summed E-state index contributed by atoms with van der Waals surface area (Å²) in [5.41, 5.74) is 0.0176. The van der Waals surface area contributed by atoms with Gasteiger partial charge in [-0.25, -0.2) is 0 Å². The van der Waals surface area contributed by atoms with Crippen LogP contribution in [0.2, 0.25) is 0 Å². The molecular weight excluding hydrogens is 168 g/mol. The zero-order valence-electron chi connectivity index (χ0n) is 8.12. The monoisotopic (exact) mass is 184 g/mol. The van der Waals surface area contributed by atoms with E-state index in [1.807, 2.05) is 6.92 Å². The first-order valence-corrected chi connectivity index (χ1v) is 4.32. The molecule has 3 heteroatoms. The molecule has 0 unspecified atom stereocenters. The van der Waals surface area contributed by atoms with Crippen LogP contribution in [0.4, 0.5) is 0 Å². The van der Waals surface area contributed by atoms with Crippen molar-refractivity contribution >= 4 is 17.3 Å². The van der Waals surface area contributed by atoms with Crippen molar-refractivity contribution in [2.45, 2.75) is 33.2 Å². The molecule has 0 spiro atoms. The average Bonchev–Trinajstić information content (AvgIpc) is 1.84. The minimum absolute atomic E-state index is 0.0176. The molecule has 0 amide bonds. The van der Waals surface area contributed by atoms with Gasteiger partial charge in [0, 0.05) is 5.54 Å². The molecule has 0 aromatic carbocycles. The van der Waals surface area contributed by atoms with E-state index in [-0.39, 0.29) is 5.54 Å². The normalized spacial score (nSPS) is 9.67. The van der Waals surface area contributed by atoms with Gasteiger partial charge in [-0.2, -0.15) is 0 Å². The predicted octanol–water partition coefficient (Wildman–Crippen LogP) is 1.27. The van der Waals surface area contributed by atoms with E-state index in [4.69, 9.17) is 12.2 Å². The van der Waals surface area contributed by atoms with Crippen molar-refractivity contribution in [1.82, 2.24) is 10.6 Å². The molecule has 0 heterocycles. The first-order chi connectivity index (χ1) is 5.45. The maximum atomic E-state index is 5.03. The third-order valence-corrected chi connectivity index (χ3v) is 1.25. The van der Waals surface area contributed by atoms with Gasteiger partial charge in [0.15, 0.2) is 5.11 Å². The Morgan fingerprint density at radius 3 is 2.42 bits per heavy atom. The molecular formula is C9H16N2S. The maximum Gasteiger partial charge on any atom is 0.167 e. The van der Waals surface area contributed by atoms with Gasteiger partial charge in [0.25, 0.3) is 0 Å². The minimum Gasteiger partial charge on any atom is -0.358 e. The van der Waals surface area contributed by atoms with Gasteiger partial charge in [-0.05, 0) is 39.9 Å². The summed E-state index contributed by atoms with van der Waals surface area (Å²) in [5, 5.41) is 6.78. The van der Waals surface area contributed by atoms with Crippen LogP contribution in [-0.4, -0.2) is 17.2 Å². The van der Waals surface area contributed by atoms with Gasteiger partial charge in [0.1, 0.15) is 0 Å². The third-order valence-electron chi connectivity index (χ3n) is 1.00. The van der Waals surface area contributed by atoms with Gasteiger partial charge in [0.05, 0.1) is 6.54 Å². The summed E-state index contributed by atoms with van der Waals surface area (Å²) < 4.78 is 0. The van der Waals surface area contributed by atoms with Crippen LogP contribution in [0.25, 0.3) is 0 Å². The second-order valence-corrected chi connectivity index (χ2v) is 3.89. The van der Waals surface area contributed by atoms with Crippen LogP contribution >= 0.6 is 12.2 Å². The molecule has 0 bridgehead atoms. The van der Waals surface area contributed by atoms with E-state index < -0.39 is 0 Å². The van der Waals surface area contributed by atoms with Crippen molar-refractivity contribution in [1.29, 1.82) is 0 Å². The highest BCUT2D eigenvalue weighted by molar-refractivity contribution is 7.80. The van der Waals surface area contributed by atoms with Crippen molar-refractivity contribution in [2.24, 2.45) is 0 Å². The molecule has 0 atom stereocenters. The highest BCUT2D eigenvalue weighted by Crippen LogP contribution is 1.97. The van der Waals surface area contributed by atoms with Crippen molar-refractivity contribution in [3.8, 4) is 11.8 Å². The summed E-state index contributed by atoms with van der Waals surface area (Å²) in [7, 11) is 0. The van der Waals surface area contributed by atoms with Crippen LogP contribution in [0.5, 0.6) is 0 Å². The van der Waals surface area contributed by atoms with Crippen LogP contribution < -0.4 is 10.6 Å². The van der Waals surface area contributed by atoms with Gasteiger partial charge in [-0.15, -0.1) is 5.92 Å². The molecule has 0 saturated heterocycles. The molecule has 2 N–H and O–H groups in total. The summed E-state index contributed by atoms with van der Waals surface area (Å²) in [4.78, 5) is 0. The van der Waals surface area contributed by atoms with Crippen LogP contribution in [0, 0.1) is 11.8 Å². The van der Waals surface area contributed by atoms with Crippen LogP contribution in [-0.2, 0) is 0 Å². The van der Waals surface area contributed by atoms with E-state index in [1.54, 1.807) is 0 Å². The second kappa shape index (κ2) is 5.00. The zero-order valence-corrected chi connectivity index (χ0v) is 8.93. The first-order valence-electron chi connectivity index (χ1n) is 3.91. The molecule has 0 radical (unpaired) electrons. The van der Waals surface area contributed by atoms with Crippen LogP contribution in [0.15, 0.2) is 0 Å². The summed E-state index contributed by atoms with van der Waals surface area (Å²) in [6, 6.07) is 0. The lowest BCUT2D eigenvalue weighted by Crippen LogP contribution is -2.46. The Morgan fingerprint density at radius 1 is 1.42 bits per heavy atom. The van der Waals surface area contributed by atoms with Gasteiger partial charge < -0.3 is 10.6 Å². The van der Waals surface area contributed by atoms with Crippen molar-refractivity contribution in [3.63, 3.8) is 0 Å². The lowest BCUT2D eigenvalue weighted by molar-refractivity contribution is 0.508. The van der Waals surface area contributed by atoms with Crippen molar-refractivity contribution < 1.29 is 0 Å². The molecule has 0 aliphatic rings. The Morgan fingerprint density at radius 2 is 2.00 bits per heavy atom. The van der Waals surface area contributed by atoms with E-state index in [0.29, 0.717) is 11.7 Å². The number of hydrogen-bond acceptors (Lipinski definition) is 1. The fourth-order valence-corrected chi connectivity index (χ4v) is 0.976. The Balaban J connectivity index is 3.66. The van der Waals surface area contributed by atoms with Crippen LogP contribution in [0.1, 0.15) is 27.7 Å². The molecule has 0 aromatic heterocycles. The molecule has 68 valence electrons. The number of hydrogen-bond donors (Lipinski definition) is 2. The van der Waals surface area contributed by atoms with E-state index >= 15 is 0 Å². The molecule has 0 fully saturated rings. The number of thiocarbonyl (C=S) groups is 1. The second-order valence-electron chi connectivity index (χ2n) is 3.48. The predicted molar refractivity (Wildman–Crippen MR) is 56.9 cm³/mol. The maximum absolute atomic E-state index is 5.03. The highest BCUT2D eigenvalue weighted by Gasteiger charge is 2.09. The lowest BCUT2D eigenvalue weighted by Gasteiger charge is -2.22. The van der Waals surface area contributed by atoms with E-state index in [0.717, 1.165) is 0 Å². The summed E-state index contributed by atoms with van der Waals surface area (Å²) in [6.45, 7) is 8.60. The first kappa shape index (κ1) is 11.2. The van der Waals surface area contributed by atoms with E-state index in [9.17, 15) is 0 Å². The fourth-order valence-electron chi connectivity index (χ4n) is 0.598. The topological polar surface area (TPSA) is 24.1 Å². The Kier molecular flexibility index (Phi) is 4.68. The molecule has 0 aliphatic carbocycles. The van der Waals surface area contributed by atoms with Crippen LogP contribution in [0.3, 0.4) is 0 Å². The molecule has 0 aromatic rings. The minimum atomic E-state index is 0.0176.